The standard InChI is InChI=1S/C18H33IN4O5/c1-11(15(25)22-12(2)17(27)28-18(3,4)5)21-16(26)13(8-6-7-9-20)23-14(24)10-19/h11-13H,6-10,20H2,1-5H3,(H,21,26)(H,22,25)(H,23,24)/t11-,12-,13+/m1/s1. The van der Waals surface area contributed by atoms with Crippen LogP contribution in [0.15, 0.2) is 0 Å². The first-order valence-electron chi connectivity index (χ1n) is 9.30. The summed E-state index contributed by atoms with van der Waals surface area (Å²) in [7, 11) is 0. The van der Waals surface area contributed by atoms with Crippen LogP contribution in [-0.2, 0) is 23.9 Å². The van der Waals surface area contributed by atoms with Crippen molar-refractivity contribution in [2.75, 3.05) is 11.0 Å². The van der Waals surface area contributed by atoms with Crippen LogP contribution in [0.1, 0.15) is 53.9 Å². The third-order valence-electron chi connectivity index (χ3n) is 3.59. The van der Waals surface area contributed by atoms with Crippen molar-refractivity contribution in [3.63, 3.8) is 0 Å². The van der Waals surface area contributed by atoms with Crippen LogP contribution >= 0.6 is 22.6 Å². The number of alkyl halides is 1. The van der Waals surface area contributed by atoms with E-state index in [1.165, 1.54) is 13.8 Å². The van der Waals surface area contributed by atoms with Gasteiger partial charge in [-0.25, -0.2) is 4.79 Å². The SMILES string of the molecule is C[C@@H](NC(=O)[C@H](CCCCN)NC(=O)CI)C(=O)N[C@H](C)C(=O)OC(C)(C)C. The Kier molecular flexibility index (Phi) is 12.3. The van der Waals surface area contributed by atoms with Crippen molar-refractivity contribution in [3.8, 4) is 0 Å². The molecule has 0 aliphatic carbocycles. The maximum Gasteiger partial charge on any atom is 0.328 e. The number of nitrogens with one attached hydrogen (secondary N) is 3. The third kappa shape index (κ3) is 11.4. The molecule has 0 saturated heterocycles. The van der Waals surface area contributed by atoms with Crippen molar-refractivity contribution in [1.29, 1.82) is 0 Å². The number of hydrogen-bond donors (Lipinski definition) is 4. The van der Waals surface area contributed by atoms with Crippen molar-refractivity contribution in [1.82, 2.24) is 16.0 Å². The second kappa shape index (κ2) is 12.9. The zero-order valence-electron chi connectivity index (χ0n) is 17.3. The molecule has 0 rings (SSSR count). The summed E-state index contributed by atoms with van der Waals surface area (Å²) >= 11 is 1.91. The number of rotatable bonds is 11. The third-order valence-corrected chi connectivity index (χ3v) is 4.28. The zero-order valence-corrected chi connectivity index (χ0v) is 19.4. The number of hydrogen-bond acceptors (Lipinski definition) is 6. The fourth-order valence-electron chi connectivity index (χ4n) is 2.16. The molecule has 0 aliphatic heterocycles. The summed E-state index contributed by atoms with van der Waals surface area (Å²) in [5, 5.41) is 7.74. The molecule has 0 saturated carbocycles. The molecule has 3 atom stereocenters. The molecule has 9 nitrogen and oxygen atoms in total. The van der Waals surface area contributed by atoms with Crippen LogP contribution in [-0.4, -0.2) is 58.4 Å². The fourth-order valence-corrected chi connectivity index (χ4v) is 2.38. The Morgan fingerprint density at radius 3 is 2.04 bits per heavy atom. The molecule has 162 valence electrons. The van der Waals surface area contributed by atoms with E-state index in [1.807, 2.05) is 22.6 Å². The van der Waals surface area contributed by atoms with Crippen molar-refractivity contribution in [2.24, 2.45) is 5.73 Å². The van der Waals surface area contributed by atoms with Crippen molar-refractivity contribution in [3.05, 3.63) is 0 Å². The second-order valence-electron chi connectivity index (χ2n) is 7.53. The van der Waals surface area contributed by atoms with Gasteiger partial charge in [0, 0.05) is 0 Å². The van der Waals surface area contributed by atoms with E-state index >= 15 is 0 Å². The van der Waals surface area contributed by atoms with Gasteiger partial charge in [0.1, 0.15) is 23.7 Å². The maximum absolute atomic E-state index is 12.5. The first-order chi connectivity index (χ1) is 12.9. The topological polar surface area (TPSA) is 140 Å². The number of carbonyl (C=O) groups is 4. The van der Waals surface area contributed by atoms with Gasteiger partial charge in [0.05, 0.1) is 4.43 Å². The number of nitrogens with two attached hydrogens (primary N) is 1. The van der Waals surface area contributed by atoms with E-state index in [0.29, 0.717) is 19.4 Å². The number of unbranched alkanes of at least 4 members (excludes halogenated alkanes) is 1. The lowest BCUT2D eigenvalue weighted by Gasteiger charge is -2.24. The van der Waals surface area contributed by atoms with Gasteiger partial charge in [0.25, 0.3) is 0 Å². The average Bonchev–Trinajstić information content (AvgIpc) is 2.58. The molecule has 28 heavy (non-hydrogen) atoms. The van der Waals surface area contributed by atoms with Crippen LogP contribution in [0.5, 0.6) is 0 Å². The molecule has 0 aromatic rings. The number of esters is 1. The van der Waals surface area contributed by atoms with Gasteiger partial charge >= 0.3 is 5.97 Å². The predicted molar refractivity (Wildman–Crippen MR) is 115 cm³/mol. The number of carbonyl (C=O) groups excluding carboxylic acids is 4. The highest BCUT2D eigenvalue weighted by atomic mass is 127. The summed E-state index contributed by atoms with van der Waals surface area (Å²) in [6.45, 7) is 8.71. The van der Waals surface area contributed by atoms with Gasteiger partial charge in [-0.2, -0.15) is 0 Å². The smallest absolute Gasteiger partial charge is 0.328 e. The molecule has 3 amide bonds. The van der Waals surface area contributed by atoms with Gasteiger partial charge in [0.15, 0.2) is 0 Å². The van der Waals surface area contributed by atoms with Crippen LogP contribution in [0.25, 0.3) is 0 Å². The van der Waals surface area contributed by atoms with E-state index in [0.717, 1.165) is 6.42 Å². The van der Waals surface area contributed by atoms with E-state index in [-0.39, 0.29) is 10.3 Å². The number of amides is 3. The molecule has 0 aromatic carbocycles. The monoisotopic (exact) mass is 512 g/mol. The summed E-state index contributed by atoms with van der Waals surface area (Å²) in [4.78, 5) is 48.4. The Labute approximate surface area is 180 Å². The molecule has 0 heterocycles. The Morgan fingerprint density at radius 1 is 0.964 bits per heavy atom. The molecule has 0 aromatic heterocycles. The summed E-state index contributed by atoms with van der Waals surface area (Å²) in [6, 6.07) is -2.48. The highest BCUT2D eigenvalue weighted by Crippen LogP contribution is 2.08. The van der Waals surface area contributed by atoms with Crippen LogP contribution in [0.4, 0.5) is 0 Å². The van der Waals surface area contributed by atoms with E-state index in [2.05, 4.69) is 16.0 Å². The molecule has 0 fully saturated rings. The molecule has 0 bridgehead atoms. The van der Waals surface area contributed by atoms with E-state index in [9.17, 15) is 19.2 Å². The number of halogens is 1. The van der Waals surface area contributed by atoms with Gasteiger partial charge in [-0.15, -0.1) is 0 Å². The average molecular weight is 512 g/mol. The summed E-state index contributed by atoms with van der Waals surface area (Å²) < 4.78 is 5.44. The van der Waals surface area contributed by atoms with Gasteiger partial charge in [-0.3, -0.25) is 14.4 Å². The zero-order chi connectivity index (χ0) is 21.9. The molecule has 0 radical (unpaired) electrons. The highest BCUT2D eigenvalue weighted by Gasteiger charge is 2.27. The fraction of sp³-hybridized carbons (Fsp3) is 0.778. The second-order valence-corrected chi connectivity index (χ2v) is 8.30. The minimum absolute atomic E-state index is 0.224. The maximum atomic E-state index is 12.5. The van der Waals surface area contributed by atoms with Crippen molar-refractivity contribution >= 4 is 46.3 Å². The van der Waals surface area contributed by atoms with Crippen molar-refractivity contribution in [2.45, 2.75) is 77.6 Å². The van der Waals surface area contributed by atoms with Gasteiger partial charge < -0.3 is 26.4 Å². The molecule has 10 heteroatoms. The first kappa shape index (κ1) is 26.6. The predicted octanol–water partition coefficient (Wildman–Crippen LogP) is 0.386. The molecule has 0 spiro atoms. The van der Waals surface area contributed by atoms with E-state index in [4.69, 9.17) is 10.5 Å². The van der Waals surface area contributed by atoms with Crippen LogP contribution < -0.4 is 21.7 Å². The lowest BCUT2D eigenvalue weighted by molar-refractivity contribution is -0.158. The van der Waals surface area contributed by atoms with Gasteiger partial charge in [-0.05, 0) is 60.4 Å². The summed E-state index contributed by atoms with van der Waals surface area (Å²) in [5.41, 5.74) is 4.80. The van der Waals surface area contributed by atoms with Gasteiger partial charge in [0.2, 0.25) is 17.7 Å². The molecule has 5 N–H and O–H groups in total. The van der Waals surface area contributed by atoms with E-state index < -0.39 is 41.5 Å². The Morgan fingerprint density at radius 2 is 1.54 bits per heavy atom. The van der Waals surface area contributed by atoms with Gasteiger partial charge in [-0.1, -0.05) is 22.6 Å². The molecule has 0 aliphatic rings. The highest BCUT2D eigenvalue weighted by molar-refractivity contribution is 14.1. The Balaban J connectivity index is 4.76. The first-order valence-corrected chi connectivity index (χ1v) is 10.8. The largest absolute Gasteiger partial charge is 0.458 e. The Hall–Kier alpha value is -1.43. The minimum atomic E-state index is -0.883. The lowest BCUT2D eigenvalue weighted by atomic mass is 10.1. The van der Waals surface area contributed by atoms with Crippen molar-refractivity contribution < 1.29 is 23.9 Å². The molecular weight excluding hydrogens is 479 g/mol. The lowest BCUT2D eigenvalue weighted by Crippen LogP contribution is -2.54. The molecular formula is C18H33IN4O5. The summed E-state index contributed by atoms with van der Waals surface area (Å²) in [6.07, 6.45) is 1.83. The molecule has 0 unspecified atom stereocenters. The van der Waals surface area contributed by atoms with Crippen LogP contribution in [0, 0.1) is 0 Å². The van der Waals surface area contributed by atoms with E-state index in [1.54, 1.807) is 20.8 Å². The van der Waals surface area contributed by atoms with Crippen LogP contribution in [0.2, 0.25) is 0 Å². The Bertz CT molecular complexity index is 551. The quantitative estimate of drug-likeness (QED) is 0.137. The minimum Gasteiger partial charge on any atom is -0.458 e. The summed E-state index contributed by atoms with van der Waals surface area (Å²) in [5.74, 6) is -1.80. The van der Waals surface area contributed by atoms with Crippen LogP contribution in [0.3, 0.4) is 0 Å². The normalized spacial score (nSPS) is 14.4. The number of ether oxygens (including phenoxy) is 1.